The molecule has 2 heterocycles. The Morgan fingerprint density at radius 3 is 2.62 bits per heavy atom. The van der Waals surface area contributed by atoms with Crippen LogP contribution in [0.1, 0.15) is 19.8 Å². The molecule has 2 rings (SSSR count). The van der Waals surface area contributed by atoms with Crippen LogP contribution < -0.4 is 5.32 Å². The van der Waals surface area contributed by atoms with Crippen molar-refractivity contribution in [2.24, 2.45) is 0 Å². The van der Waals surface area contributed by atoms with Gasteiger partial charge in [0.2, 0.25) is 0 Å². The second-order valence-corrected chi connectivity index (χ2v) is 5.54. The van der Waals surface area contributed by atoms with Crippen LogP contribution in [0.5, 0.6) is 0 Å². The predicted molar refractivity (Wildman–Crippen MR) is 64.5 cm³/mol. The van der Waals surface area contributed by atoms with E-state index in [4.69, 9.17) is 0 Å². The van der Waals surface area contributed by atoms with Gasteiger partial charge in [-0.05, 0) is 26.8 Å². The van der Waals surface area contributed by atoms with Crippen LogP contribution in [0.3, 0.4) is 0 Å². The molecule has 2 aliphatic rings. The van der Waals surface area contributed by atoms with E-state index in [1.54, 1.807) is 0 Å². The van der Waals surface area contributed by atoms with Gasteiger partial charge in [-0.1, -0.05) is 0 Å². The van der Waals surface area contributed by atoms with Crippen LogP contribution in [0.25, 0.3) is 0 Å². The molecule has 1 unspecified atom stereocenters. The molecule has 2 aliphatic heterocycles. The largest absolute Gasteiger partial charge is 0.312 e. The Morgan fingerprint density at radius 2 is 2.00 bits per heavy atom. The van der Waals surface area contributed by atoms with Crippen molar-refractivity contribution in [2.75, 3.05) is 46.3 Å². The standard InChI is InChI=1S/C12H24FN3/c1-11-9-16(8-5-14-11)10-12(13)3-6-15(2)7-4-12/h11,14H,3-10H2,1-2H3. The fraction of sp³-hybridized carbons (Fsp3) is 1.00. The summed E-state index contributed by atoms with van der Waals surface area (Å²) in [5.74, 6) is 0. The number of nitrogens with one attached hydrogen (secondary N) is 1. The molecule has 3 nitrogen and oxygen atoms in total. The maximum Gasteiger partial charge on any atom is 0.126 e. The number of hydrogen-bond donors (Lipinski definition) is 1. The first kappa shape index (κ1) is 12.3. The Kier molecular flexibility index (Phi) is 3.82. The zero-order valence-electron chi connectivity index (χ0n) is 10.5. The Labute approximate surface area is 98.0 Å². The van der Waals surface area contributed by atoms with Gasteiger partial charge in [-0.3, -0.25) is 4.90 Å². The summed E-state index contributed by atoms with van der Waals surface area (Å²) in [6.45, 7) is 7.58. The summed E-state index contributed by atoms with van der Waals surface area (Å²) in [4.78, 5) is 4.50. The average molecular weight is 229 g/mol. The topological polar surface area (TPSA) is 18.5 Å². The van der Waals surface area contributed by atoms with E-state index in [1.807, 2.05) is 0 Å². The minimum Gasteiger partial charge on any atom is -0.312 e. The summed E-state index contributed by atoms with van der Waals surface area (Å²) in [5, 5.41) is 3.40. The number of nitrogens with zero attached hydrogens (tertiary/aromatic N) is 2. The highest BCUT2D eigenvalue weighted by atomic mass is 19.1. The lowest BCUT2D eigenvalue weighted by atomic mass is 9.92. The van der Waals surface area contributed by atoms with Gasteiger partial charge >= 0.3 is 0 Å². The zero-order chi connectivity index (χ0) is 11.6. The lowest BCUT2D eigenvalue weighted by Gasteiger charge is -2.40. The number of likely N-dealkylation sites (tertiary alicyclic amines) is 1. The lowest BCUT2D eigenvalue weighted by molar-refractivity contribution is 0.0241. The normalized spacial score (nSPS) is 32.8. The maximum absolute atomic E-state index is 14.6. The van der Waals surface area contributed by atoms with E-state index in [9.17, 15) is 4.39 Å². The van der Waals surface area contributed by atoms with Crippen LogP contribution in [0.15, 0.2) is 0 Å². The van der Waals surface area contributed by atoms with Crippen LogP contribution in [0, 0.1) is 0 Å². The molecular formula is C12H24FN3. The Bertz CT molecular complexity index is 226. The molecule has 0 bridgehead atoms. The molecular weight excluding hydrogens is 205 g/mol. The van der Waals surface area contributed by atoms with Crippen molar-refractivity contribution in [1.29, 1.82) is 0 Å². The highest BCUT2D eigenvalue weighted by Crippen LogP contribution is 2.27. The van der Waals surface area contributed by atoms with Gasteiger partial charge in [0.15, 0.2) is 0 Å². The van der Waals surface area contributed by atoms with Crippen molar-refractivity contribution in [3.63, 3.8) is 0 Å². The Hall–Kier alpha value is -0.190. The summed E-state index contributed by atoms with van der Waals surface area (Å²) in [7, 11) is 2.08. The van der Waals surface area contributed by atoms with Gasteiger partial charge < -0.3 is 10.2 Å². The van der Waals surface area contributed by atoms with Crippen molar-refractivity contribution >= 4 is 0 Å². The highest BCUT2D eigenvalue weighted by Gasteiger charge is 2.35. The fourth-order valence-corrected chi connectivity index (χ4v) is 2.73. The quantitative estimate of drug-likeness (QED) is 0.752. The van der Waals surface area contributed by atoms with Crippen LogP contribution in [-0.2, 0) is 0 Å². The first-order valence-electron chi connectivity index (χ1n) is 6.41. The lowest BCUT2D eigenvalue weighted by Crippen LogP contribution is -2.54. The van der Waals surface area contributed by atoms with E-state index in [0.717, 1.165) is 32.7 Å². The van der Waals surface area contributed by atoms with Crippen molar-refractivity contribution in [3.8, 4) is 0 Å². The van der Waals surface area contributed by atoms with Crippen molar-refractivity contribution in [3.05, 3.63) is 0 Å². The molecule has 94 valence electrons. The zero-order valence-corrected chi connectivity index (χ0v) is 10.5. The summed E-state index contributed by atoms with van der Waals surface area (Å²) >= 11 is 0. The van der Waals surface area contributed by atoms with Gasteiger partial charge in [0.25, 0.3) is 0 Å². The van der Waals surface area contributed by atoms with Crippen molar-refractivity contribution in [2.45, 2.75) is 31.5 Å². The van der Waals surface area contributed by atoms with E-state index >= 15 is 0 Å². The molecule has 2 fully saturated rings. The van der Waals surface area contributed by atoms with Gasteiger partial charge in [0.05, 0.1) is 0 Å². The molecule has 0 aliphatic carbocycles. The molecule has 0 radical (unpaired) electrons. The van der Waals surface area contributed by atoms with Gasteiger partial charge in [0, 0.05) is 45.3 Å². The second kappa shape index (κ2) is 4.98. The molecule has 0 aromatic rings. The third kappa shape index (κ3) is 3.15. The van der Waals surface area contributed by atoms with Crippen LogP contribution in [0.4, 0.5) is 4.39 Å². The molecule has 0 amide bonds. The molecule has 1 N–H and O–H groups in total. The van der Waals surface area contributed by atoms with E-state index in [0.29, 0.717) is 25.4 Å². The van der Waals surface area contributed by atoms with Gasteiger partial charge in [0.1, 0.15) is 5.67 Å². The van der Waals surface area contributed by atoms with Crippen molar-refractivity contribution < 1.29 is 4.39 Å². The molecule has 1 atom stereocenters. The fourth-order valence-electron chi connectivity index (χ4n) is 2.73. The number of alkyl halides is 1. The number of piperidine rings is 1. The van der Waals surface area contributed by atoms with Crippen LogP contribution in [-0.4, -0.2) is 67.8 Å². The number of rotatable bonds is 2. The van der Waals surface area contributed by atoms with Gasteiger partial charge in [-0.15, -0.1) is 0 Å². The molecule has 0 spiro atoms. The van der Waals surface area contributed by atoms with Crippen LogP contribution >= 0.6 is 0 Å². The third-order valence-electron chi connectivity index (χ3n) is 3.84. The third-order valence-corrected chi connectivity index (χ3v) is 3.84. The molecule has 4 heteroatoms. The Balaban J connectivity index is 1.83. The first-order valence-corrected chi connectivity index (χ1v) is 6.41. The summed E-state index contributed by atoms with van der Waals surface area (Å²) < 4.78 is 14.6. The van der Waals surface area contributed by atoms with Gasteiger partial charge in [-0.2, -0.15) is 0 Å². The van der Waals surface area contributed by atoms with E-state index < -0.39 is 5.67 Å². The van der Waals surface area contributed by atoms with E-state index in [-0.39, 0.29) is 0 Å². The smallest absolute Gasteiger partial charge is 0.126 e. The first-order chi connectivity index (χ1) is 7.57. The summed E-state index contributed by atoms with van der Waals surface area (Å²) in [6.07, 6.45) is 1.39. The van der Waals surface area contributed by atoms with E-state index in [2.05, 4.69) is 29.1 Å². The highest BCUT2D eigenvalue weighted by molar-refractivity contribution is 4.90. The predicted octanol–water partition coefficient (Wildman–Crippen LogP) is 0.714. The van der Waals surface area contributed by atoms with Crippen LogP contribution in [0.2, 0.25) is 0 Å². The van der Waals surface area contributed by atoms with E-state index in [1.165, 1.54) is 0 Å². The molecule has 2 saturated heterocycles. The molecule has 0 saturated carbocycles. The second-order valence-electron chi connectivity index (χ2n) is 5.54. The number of hydrogen-bond acceptors (Lipinski definition) is 3. The summed E-state index contributed by atoms with van der Waals surface area (Å²) in [5.41, 5.74) is -0.941. The SMILES string of the molecule is CC1CN(CC2(F)CCN(C)CC2)CCN1. The number of piperazine rings is 1. The molecule has 16 heavy (non-hydrogen) atoms. The monoisotopic (exact) mass is 229 g/mol. The average Bonchev–Trinajstić information content (AvgIpc) is 2.23. The molecule has 0 aromatic heterocycles. The summed E-state index contributed by atoms with van der Waals surface area (Å²) in [6, 6.07) is 0.503. The minimum absolute atomic E-state index is 0.503. The minimum atomic E-state index is -0.941. The maximum atomic E-state index is 14.6. The number of halogens is 1. The van der Waals surface area contributed by atoms with Crippen molar-refractivity contribution in [1.82, 2.24) is 15.1 Å². The Morgan fingerprint density at radius 1 is 1.31 bits per heavy atom. The molecule has 0 aromatic carbocycles. The van der Waals surface area contributed by atoms with Gasteiger partial charge in [-0.25, -0.2) is 4.39 Å².